The summed E-state index contributed by atoms with van der Waals surface area (Å²) in [5.74, 6) is -0.617. The van der Waals surface area contributed by atoms with Crippen LogP contribution in [0, 0.1) is 0 Å². The zero-order chi connectivity index (χ0) is 17.8. The summed E-state index contributed by atoms with van der Waals surface area (Å²) in [6.45, 7) is 16.0. The quantitative estimate of drug-likeness (QED) is 0.659. The van der Waals surface area contributed by atoms with Gasteiger partial charge in [-0.05, 0) is 36.4 Å². The van der Waals surface area contributed by atoms with Gasteiger partial charge in [0.25, 0.3) is 0 Å². The van der Waals surface area contributed by atoms with Crippen molar-refractivity contribution in [1.29, 1.82) is 0 Å². The lowest BCUT2D eigenvalue weighted by Crippen LogP contribution is -2.54. The van der Waals surface area contributed by atoms with Crippen molar-refractivity contribution >= 4 is 8.32 Å². The molecule has 0 aromatic carbocycles. The van der Waals surface area contributed by atoms with Gasteiger partial charge >= 0.3 is 0 Å². The lowest BCUT2D eigenvalue weighted by molar-refractivity contribution is -0.275. The first-order valence-electron chi connectivity index (χ1n) is 9.12. The van der Waals surface area contributed by atoms with Gasteiger partial charge in [0.15, 0.2) is 5.79 Å². The first-order valence-corrected chi connectivity index (χ1v) is 11.3. The van der Waals surface area contributed by atoms with Crippen LogP contribution in [0.5, 0.6) is 0 Å². The van der Waals surface area contributed by atoms with E-state index in [1.165, 1.54) is 0 Å². The van der Waals surface area contributed by atoms with Gasteiger partial charge in [0, 0.05) is 20.1 Å². The Labute approximate surface area is 144 Å². The molecular formula is C18H38O4Si. The van der Waals surface area contributed by atoms with E-state index in [1.807, 2.05) is 6.92 Å². The highest BCUT2D eigenvalue weighted by molar-refractivity contribution is 6.77. The molecule has 1 aliphatic rings. The van der Waals surface area contributed by atoms with Crippen molar-refractivity contribution in [3.05, 3.63) is 0 Å². The Morgan fingerprint density at radius 1 is 1.13 bits per heavy atom. The molecule has 0 aromatic rings. The van der Waals surface area contributed by atoms with E-state index in [0.717, 1.165) is 12.8 Å². The number of rotatable bonds is 8. The smallest absolute Gasteiger partial charge is 0.200 e. The average Bonchev–Trinajstić information content (AvgIpc) is 2.43. The molecule has 0 saturated carbocycles. The summed E-state index contributed by atoms with van der Waals surface area (Å²) in [5.41, 5.74) is 1.70. The van der Waals surface area contributed by atoms with Crippen molar-refractivity contribution in [3.63, 3.8) is 0 Å². The largest absolute Gasteiger partial charge is 0.413 e. The Bertz CT molecular complexity index is 337. The van der Waals surface area contributed by atoms with E-state index >= 15 is 0 Å². The van der Waals surface area contributed by atoms with Crippen LogP contribution in [0.15, 0.2) is 0 Å². The number of hydrogen-bond donors (Lipinski definition) is 1. The summed E-state index contributed by atoms with van der Waals surface area (Å²) in [6, 6.07) is 0. The molecule has 0 spiro atoms. The molecule has 0 bridgehead atoms. The molecule has 0 radical (unpaired) electrons. The first kappa shape index (κ1) is 21.1. The summed E-state index contributed by atoms with van der Waals surface area (Å²) < 4.78 is 18.6. The molecule has 5 heteroatoms. The zero-order valence-corrected chi connectivity index (χ0v) is 17.4. The van der Waals surface area contributed by atoms with E-state index in [1.54, 1.807) is 7.11 Å². The summed E-state index contributed by atoms with van der Waals surface area (Å²) in [7, 11) is -0.226. The normalized spacial score (nSPS) is 29.7. The maximum absolute atomic E-state index is 9.29. The molecule has 1 rings (SSSR count). The molecule has 0 unspecified atom stereocenters. The summed E-state index contributed by atoms with van der Waals surface area (Å²) in [5, 5.41) is 9.29. The van der Waals surface area contributed by atoms with Gasteiger partial charge in [-0.15, -0.1) is 0 Å². The van der Waals surface area contributed by atoms with Gasteiger partial charge in [-0.1, -0.05) is 41.5 Å². The van der Waals surface area contributed by atoms with E-state index in [0.29, 0.717) is 23.0 Å². The molecule has 1 saturated heterocycles. The van der Waals surface area contributed by atoms with Gasteiger partial charge in [-0.2, -0.15) is 0 Å². The highest BCUT2D eigenvalue weighted by atomic mass is 28.4. The van der Waals surface area contributed by atoms with E-state index in [2.05, 4.69) is 41.5 Å². The topological polar surface area (TPSA) is 47.9 Å². The van der Waals surface area contributed by atoms with Crippen molar-refractivity contribution in [2.75, 3.05) is 13.7 Å². The summed E-state index contributed by atoms with van der Waals surface area (Å²) in [6.07, 6.45) is 2.39. The van der Waals surface area contributed by atoms with Gasteiger partial charge in [-0.3, -0.25) is 0 Å². The molecule has 23 heavy (non-hydrogen) atoms. The van der Waals surface area contributed by atoms with Gasteiger partial charge in [0.2, 0.25) is 8.32 Å². The lowest BCUT2D eigenvalue weighted by Gasteiger charge is -2.49. The third kappa shape index (κ3) is 4.79. The SMILES string of the molecule is CO[C@]1(C)C[C@@H](O[Si](C(C)C)(C(C)C)C(C)C)C[C@@H](CCO)O1. The van der Waals surface area contributed by atoms with Crippen LogP contribution in [0.25, 0.3) is 0 Å². The zero-order valence-electron chi connectivity index (χ0n) is 16.4. The Morgan fingerprint density at radius 3 is 2.04 bits per heavy atom. The van der Waals surface area contributed by atoms with Crippen LogP contribution >= 0.6 is 0 Å². The molecule has 1 N–H and O–H groups in total. The van der Waals surface area contributed by atoms with Gasteiger partial charge < -0.3 is 19.0 Å². The molecule has 1 heterocycles. The van der Waals surface area contributed by atoms with Gasteiger partial charge in [0.1, 0.15) is 0 Å². The second-order valence-corrected chi connectivity index (χ2v) is 13.5. The fraction of sp³-hybridized carbons (Fsp3) is 1.00. The highest BCUT2D eigenvalue weighted by Gasteiger charge is 2.49. The predicted molar refractivity (Wildman–Crippen MR) is 97.1 cm³/mol. The van der Waals surface area contributed by atoms with Crippen LogP contribution in [0.3, 0.4) is 0 Å². The van der Waals surface area contributed by atoms with E-state index < -0.39 is 14.1 Å². The number of aliphatic hydroxyl groups excluding tert-OH is 1. The van der Waals surface area contributed by atoms with Crippen LogP contribution in [0.2, 0.25) is 16.6 Å². The van der Waals surface area contributed by atoms with Gasteiger partial charge in [-0.25, -0.2) is 0 Å². The highest BCUT2D eigenvalue weighted by Crippen LogP contribution is 2.45. The standard InChI is InChI=1S/C18H38O4Si/c1-13(2)23(14(3)4,15(5)6)22-17-11-16(9-10-19)21-18(7,12-17)20-8/h13-17,19H,9-12H2,1-8H3/t16-,17+,18+/m1/s1. The van der Waals surface area contributed by atoms with Crippen molar-refractivity contribution < 1.29 is 19.0 Å². The van der Waals surface area contributed by atoms with Crippen molar-refractivity contribution in [1.82, 2.24) is 0 Å². The molecule has 3 atom stereocenters. The maximum Gasteiger partial charge on any atom is 0.200 e. The van der Waals surface area contributed by atoms with Crippen molar-refractivity contribution in [2.45, 2.75) is 102 Å². The van der Waals surface area contributed by atoms with Crippen LogP contribution in [0.1, 0.15) is 67.7 Å². The van der Waals surface area contributed by atoms with Crippen LogP contribution < -0.4 is 0 Å². The number of methoxy groups -OCH3 is 1. The Kier molecular flexibility index (Phi) is 7.74. The second-order valence-electron chi connectivity index (χ2n) is 8.09. The van der Waals surface area contributed by atoms with Crippen LogP contribution in [-0.4, -0.2) is 45.1 Å². The molecule has 0 aliphatic carbocycles. The fourth-order valence-corrected chi connectivity index (χ4v) is 10.1. The molecule has 0 aromatic heterocycles. The molecule has 4 nitrogen and oxygen atoms in total. The third-order valence-electron chi connectivity index (χ3n) is 5.50. The van der Waals surface area contributed by atoms with Crippen molar-refractivity contribution in [2.24, 2.45) is 0 Å². The van der Waals surface area contributed by atoms with Crippen molar-refractivity contribution in [3.8, 4) is 0 Å². The minimum absolute atomic E-state index is 0.00175. The molecule has 1 fully saturated rings. The number of aliphatic hydroxyl groups is 1. The second kappa shape index (κ2) is 8.43. The Hall–Kier alpha value is 0.0569. The number of hydrogen-bond acceptors (Lipinski definition) is 4. The average molecular weight is 347 g/mol. The minimum Gasteiger partial charge on any atom is -0.413 e. The molecular weight excluding hydrogens is 308 g/mol. The van der Waals surface area contributed by atoms with E-state index in [4.69, 9.17) is 13.9 Å². The Balaban J connectivity index is 3.01. The Morgan fingerprint density at radius 2 is 1.65 bits per heavy atom. The fourth-order valence-electron chi connectivity index (χ4n) is 4.48. The predicted octanol–water partition coefficient (Wildman–Crippen LogP) is 4.47. The van der Waals surface area contributed by atoms with Crippen LogP contribution in [0.4, 0.5) is 0 Å². The molecule has 1 aliphatic heterocycles. The third-order valence-corrected chi connectivity index (χ3v) is 11.7. The summed E-state index contributed by atoms with van der Waals surface area (Å²) in [4.78, 5) is 0. The minimum atomic E-state index is -1.92. The van der Waals surface area contributed by atoms with E-state index in [-0.39, 0.29) is 18.8 Å². The molecule has 0 amide bonds. The lowest BCUT2D eigenvalue weighted by atomic mass is 9.98. The monoisotopic (exact) mass is 346 g/mol. The number of ether oxygens (including phenoxy) is 2. The van der Waals surface area contributed by atoms with E-state index in [9.17, 15) is 5.11 Å². The van der Waals surface area contributed by atoms with Gasteiger partial charge in [0.05, 0.1) is 12.2 Å². The molecule has 138 valence electrons. The maximum atomic E-state index is 9.29. The summed E-state index contributed by atoms with van der Waals surface area (Å²) >= 11 is 0. The van der Waals surface area contributed by atoms with Crippen LogP contribution in [-0.2, 0) is 13.9 Å². The first-order chi connectivity index (χ1) is 10.6.